The van der Waals surface area contributed by atoms with Crippen LogP contribution in [0.15, 0.2) is 0 Å². The Hall–Kier alpha value is -0.160. The molecule has 0 spiro atoms. The second kappa shape index (κ2) is 7.58. The lowest BCUT2D eigenvalue weighted by Gasteiger charge is -2.40. The number of nitrogens with one attached hydrogen (secondary N) is 1. The van der Waals surface area contributed by atoms with Gasteiger partial charge in [-0.3, -0.25) is 4.90 Å². The van der Waals surface area contributed by atoms with E-state index >= 15 is 0 Å². The molecule has 0 radical (unpaired) electrons. The largest absolute Gasteiger partial charge is 0.381 e. The number of nitrogens with zero attached hydrogens (tertiary/aromatic N) is 1. The zero-order chi connectivity index (χ0) is 13.7. The average molecular weight is 270 g/mol. The van der Waals surface area contributed by atoms with Gasteiger partial charge in [-0.2, -0.15) is 0 Å². The third-order valence-corrected chi connectivity index (χ3v) is 4.60. The Morgan fingerprint density at radius 3 is 2.58 bits per heavy atom. The lowest BCUT2D eigenvalue weighted by Crippen LogP contribution is -2.53. The molecule has 2 aliphatic heterocycles. The lowest BCUT2D eigenvalue weighted by atomic mass is 9.90. The van der Waals surface area contributed by atoms with E-state index in [4.69, 9.17) is 9.47 Å². The van der Waals surface area contributed by atoms with Crippen LogP contribution in [0.5, 0.6) is 0 Å². The molecule has 2 heterocycles. The number of rotatable bonds is 5. The maximum Gasteiger partial charge on any atom is 0.0855 e. The standard InChI is InChI=1S/C15H30N2O2/c1-12(2)17-6-9-19-15(11-17)14(16-3)10-13-4-7-18-8-5-13/h12-16H,4-11H2,1-3H3. The summed E-state index contributed by atoms with van der Waals surface area (Å²) in [5.41, 5.74) is 0. The molecule has 0 aromatic carbocycles. The Kier molecular flexibility index (Phi) is 6.07. The molecule has 2 fully saturated rings. The highest BCUT2D eigenvalue weighted by atomic mass is 16.5. The molecule has 0 aromatic heterocycles. The molecule has 0 saturated carbocycles. The van der Waals surface area contributed by atoms with E-state index in [2.05, 4.69) is 31.1 Å². The summed E-state index contributed by atoms with van der Waals surface area (Å²) in [6.45, 7) is 9.42. The highest BCUT2D eigenvalue weighted by molar-refractivity contribution is 4.85. The summed E-state index contributed by atoms with van der Waals surface area (Å²) in [6, 6.07) is 1.09. The first-order valence-corrected chi connectivity index (χ1v) is 7.81. The molecule has 112 valence electrons. The van der Waals surface area contributed by atoms with Crippen molar-refractivity contribution in [1.82, 2.24) is 10.2 Å². The van der Waals surface area contributed by atoms with Crippen molar-refractivity contribution in [1.29, 1.82) is 0 Å². The number of ether oxygens (including phenoxy) is 2. The Morgan fingerprint density at radius 1 is 1.21 bits per heavy atom. The van der Waals surface area contributed by atoms with Crippen LogP contribution in [0.25, 0.3) is 0 Å². The molecule has 1 N–H and O–H groups in total. The zero-order valence-corrected chi connectivity index (χ0v) is 12.7. The monoisotopic (exact) mass is 270 g/mol. The molecule has 2 rings (SSSR count). The summed E-state index contributed by atoms with van der Waals surface area (Å²) in [7, 11) is 2.07. The number of hydrogen-bond acceptors (Lipinski definition) is 4. The Morgan fingerprint density at radius 2 is 1.95 bits per heavy atom. The molecular formula is C15H30N2O2. The molecule has 4 nitrogen and oxygen atoms in total. The van der Waals surface area contributed by atoms with Crippen LogP contribution in [0.3, 0.4) is 0 Å². The zero-order valence-electron chi connectivity index (χ0n) is 12.7. The van der Waals surface area contributed by atoms with Crippen LogP contribution in [0.2, 0.25) is 0 Å². The van der Waals surface area contributed by atoms with Gasteiger partial charge in [0.15, 0.2) is 0 Å². The highest BCUT2D eigenvalue weighted by Crippen LogP contribution is 2.23. The first-order chi connectivity index (χ1) is 9.20. The van der Waals surface area contributed by atoms with Crippen molar-refractivity contribution in [3.8, 4) is 0 Å². The van der Waals surface area contributed by atoms with E-state index in [-0.39, 0.29) is 0 Å². The van der Waals surface area contributed by atoms with Gasteiger partial charge in [0.25, 0.3) is 0 Å². The second-order valence-electron chi connectivity index (χ2n) is 6.18. The smallest absolute Gasteiger partial charge is 0.0855 e. The molecule has 0 aliphatic carbocycles. The lowest BCUT2D eigenvalue weighted by molar-refractivity contribution is -0.0601. The van der Waals surface area contributed by atoms with Crippen molar-refractivity contribution in [2.24, 2.45) is 5.92 Å². The van der Waals surface area contributed by atoms with E-state index in [1.807, 2.05) is 0 Å². The highest BCUT2D eigenvalue weighted by Gasteiger charge is 2.30. The van der Waals surface area contributed by atoms with Gasteiger partial charge in [-0.1, -0.05) is 0 Å². The maximum absolute atomic E-state index is 6.02. The van der Waals surface area contributed by atoms with Crippen molar-refractivity contribution in [3.63, 3.8) is 0 Å². The minimum atomic E-state index is 0.337. The van der Waals surface area contributed by atoms with E-state index in [1.165, 1.54) is 19.3 Å². The van der Waals surface area contributed by atoms with E-state index in [0.29, 0.717) is 18.2 Å². The van der Waals surface area contributed by atoms with Gasteiger partial charge in [-0.05, 0) is 46.1 Å². The van der Waals surface area contributed by atoms with Gasteiger partial charge in [-0.15, -0.1) is 0 Å². The predicted molar refractivity (Wildman–Crippen MR) is 77.5 cm³/mol. The minimum Gasteiger partial charge on any atom is -0.381 e. The molecule has 2 aliphatic rings. The fourth-order valence-electron chi connectivity index (χ4n) is 3.21. The molecule has 2 saturated heterocycles. The number of morpholine rings is 1. The van der Waals surface area contributed by atoms with Crippen LogP contribution >= 0.6 is 0 Å². The van der Waals surface area contributed by atoms with Crippen LogP contribution in [0.1, 0.15) is 33.1 Å². The van der Waals surface area contributed by atoms with Gasteiger partial charge in [0.05, 0.1) is 12.7 Å². The van der Waals surface area contributed by atoms with Crippen molar-refractivity contribution >= 4 is 0 Å². The van der Waals surface area contributed by atoms with Gasteiger partial charge in [0, 0.05) is 38.4 Å². The van der Waals surface area contributed by atoms with Crippen molar-refractivity contribution in [2.45, 2.75) is 51.3 Å². The molecule has 0 amide bonds. The van der Waals surface area contributed by atoms with Gasteiger partial charge in [-0.25, -0.2) is 0 Å². The minimum absolute atomic E-state index is 0.337. The van der Waals surface area contributed by atoms with Crippen LogP contribution in [-0.4, -0.2) is 63.0 Å². The third-order valence-electron chi connectivity index (χ3n) is 4.60. The van der Waals surface area contributed by atoms with E-state index < -0.39 is 0 Å². The molecular weight excluding hydrogens is 240 g/mol. The van der Waals surface area contributed by atoms with Crippen LogP contribution < -0.4 is 5.32 Å². The Balaban J connectivity index is 1.85. The van der Waals surface area contributed by atoms with Crippen LogP contribution in [0, 0.1) is 5.92 Å². The molecule has 2 atom stereocenters. The fraction of sp³-hybridized carbons (Fsp3) is 1.00. The Bertz CT molecular complexity index is 255. The summed E-state index contributed by atoms with van der Waals surface area (Å²) >= 11 is 0. The summed E-state index contributed by atoms with van der Waals surface area (Å²) in [5.74, 6) is 0.796. The number of hydrogen-bond donors (Lipinski definition) is 1. The van der Waals surface area contributed by atoms with Crippen molar-refractivity contribution in [2.75, 3.05) is 40.0 Å². The summed E-state index contributed by atoms with van der Waals surface area (Å²) in [5, 5.41) is 3.49. The van der Waals surface area contributed by atoms with Crippen molar-refractivity contribution in [3.05, 3.63) is 0 Å². The Labute approximate surface area is 117 Å². The predicted octanol–water partition coefficient (Wildman–Crippen LogP) is 1.50. The third kappa shape index (κ3) is 4.42. The molecule has 19 heavy (non-hydrogen) atoms. The number of likely N-dealkylation sites (N-methyl/N-ethyl adjacent to an activating group) is 1. The van der Waals surface area contributed by atoms with E-state index in [0.717, 1.165) is 38.8 Å². The molecule has 0 aromatic rings. The average Bonchev–Trinajstić information content (AvgIpc) is 2.46. The van der Waals surface area contributed by atoms with E-state index in [1.54, 1.807) is 0 Å². The van der Waals surface area contributed by atoms with Gasteiger partial charge in [0.1, 0.15) is 0 Å². The molecule has 2 unspecified atom stereocenters. The summed E-state index contributed by atoms with van der Waals surface area (Å²) < 4.78 is 11.5. The molecule has 4 heteroatoms. The van der Waals surface area contributed by atoms with Crippen LogP contribution in [-0.2, 0) is 9.47 Å². The summed E-state index contributed by atoms with van der Waals surface area (Å²) in [4.78, 5) is 2.53. The first-order valence-electron chi connectivity index (χ1n) is 7.81. The first kappa shape index (κ1) is 15.2. The maximum atomic E-state index is 6.02. The van der Waals surface area contributed by atoms with Crippen LogP contribution in [0.4, 0.5) is 0 Å². The molecule has 0 bridgehead atoms. The van der Waals surface area contributed by atoms with Crippen molar-refractivity contribution < 1.29 is 9.47 Å². The van der Waals surface area contributed by atoms with Gasteiger partial charge in [0.2, 0.25) is 0 Å². The van der Waals surface area contributed by atoms with Gasteiger partial charge >= 0.3 is 0 Å². The topological polar surface area (TPSA) is 33.7 Å². The SMILES string of the molecule is CNC(CC1CCOCC1)C1CN(C(C)C)CCO1. The summed E-state index contributed by atoms with van der Waals surface area (Å²) in [6.07, 6.45) is 3.97. The normalized spacial score (nSPS) is 28.7. The quantitative estimate of drug-likeness (QED) is 0.821. The second-order valence-corrected chi connectivity index (χ2v) is 6.18. The van der Waals surface area contributed by atoms with Gasteiger partial charge < -0.3 is 14.8 Å². The fourth-order valence-corrected chi connectivity index (χ4v) is 3.21. The van der Waals surface area contributed by atoms with E-state index in [9.17, 15) is 0 Å².